The Balaban J connectivity index is 3.38. The smallest absolute Gasteiger partial charge is 0.312 e. The van der Waals surface area contributed by atoms with E-state index < -0.39 is 4.92 Å². The van der Waals surface area contributed by atoms with Crippen LogP contribution in [0.3, 0.4) is 0 Å². The van der Waals surface area contributed by atoms with E-state index in [4.69, 9.17) is 23.2 Å². The number of nitrogens with zero attached hydrogens (tertiary/aromatic N) is 2. The quantitative estimate of drug-likeness (QED) is 0.473. The lowest BCUT2D eigenvalue weighted by molar-refractivity contribution is -0.384. The molecule has 1 heterocycles. The fourth-order valence-electron chi connectivity index (χ4n) is 0.831. The fourth-order valence-corrected chi connectivity index (χ4v) is 1.21. The minimum Gasteiger partial charge on any atom is -0.381 e. The molecule has 7 heteroatoms. The number of nitrogens with one attached hydrogen (secondary N) is 1. The number of nitro groups is 1. The van der Waals surface area contributed by atoms with Gasteiger partial charge in [0.15, 0.2) is 0 Å². The molecule has 1 N–H and O–H groups in total. The third-order valence-corrected chi connectivity index (χ3v) is 2.15. The van der Waals surface area contributed by atoms with Crippen molar-refractivity contribution >= 4 is 34.6 Å². The number of aromatic nitrogens is 1. The summed E-state index contributed by atoms with van der Waals surface area (Å²) < 4.78 is 0. The van der Waals surface area contributed by atoms with Gasteiger partial charge in [0.1, 0.15) is 22.1 Å². The van der Waals surface area contributed by atoms with Crippen LogP contribution in [0.1, 0.15) is 0 Å². The summed E-state index contributed by atoms with van der Waals surface area (Å²) in [4.78, 5) is 13.4. The maximum Gasteiger partial charge on any atom is 0.312 e. The Morgan fingerprint density at radius 2 is 2.23 bits per heavy atom. The highest BCUT2D eigenvalue weighted by Crippen LogP contribution is 2.35. The van der Waals surface area contributed by atoms with E-state index in [0.717, 1.165) is 6.20 Å². The van der Waals surface area contributed by atoms with Gasteiger partial charge in [-0.15, -0.1) is 0 Å². The van der Waals surface area contributed by atoms with E-state index in [1.54, 1.807) is 0 Å². The van der Waals surface area contributed by atoms with Gasteiger partial charge in [-0.1, -0.05) is 23.2 Å². The lowest BCUT2D eigenvalue weighted by atomic mass is 10.3. The van der Waals surface area contributed by atoms with Crippen molar-refractivity contribution in [1.29, 1.82) is 0 Å². The van der Waals surface area contributed by atoms with E-state index in [1.807, 2.05) is 0 Å². The van der Waals surface area contributed by atoms with Crippen LogP contribution in [0, 0.1) is 10.1 Å². The molecule has 1 aromatic heterocycles. The van der Waals surface area contributed by atoms with Crippen LogP contribution in [0.15, 0.2) is 6.20 Å². The highest BCUT2D eigenvalue weighted by molar-refractivity contribution is 6.43. The molecule has 1 aromatic rings. The molecule has 0 saturated heterocycles. The summed E-state index contributed by atoms with van der Waals surface area (Å²) in [5.41, 5.74) is -0.0245. The molecule has 5 nitrogen and oxygen atoms in total. The van der Waals surface area contributed by atoms with Crippen LogP contribution in [-0.4, -0.2) is 17.0 Å². The number of halogens is 2. The van der Waals surface area contributed by atoms with Gasteiger partial charge in [0.2, 0.25) is 0 Å². The molecule has 0 saturated carbocycles. The zero-order valence-electron chi connectivity index (χ0n) is 6.54. The van der Waals surface area contributed by atoms with Gasteiger partial charge in [0, 0.05) is 7.05 Å². The molecule has 0 bridgehead atoms. The summed E-state index contributed by atoms with van der Waals surface area (Å²) in [6.07, 6.45) is 1.06. The van der Waals surface area contributed by atoms with E-state index in [1.165, 1.54) is 7.05 Å². The van der Waals surface area contributed by atoms with Crippen LogP contribution < -0.4 is 5.32 Å². The van der Waals surface area contributed by atoms with Crippen LogP contribution >= 0.6 is 23.2 Å². The van der Waals surface area contributed by atoms with Crippen molar-refractivity contribution < 1.29 is 4.92 Å². The van der Waals surface area contributed by atoms with Gasteiger partial charge in [0.25, 0.3) is 0 Å². The van der Waals surface area contributed by atoms with Crippen molar-refractivity contribution in [3.8, 4) is 0 Å². The SMILES string of the molecule is CNc1c([N+](=O)[O-])cnc(Cl)c1Cl. The second kappa shape index (κ2) is 3.76. The fraction of sp³-hybridized carbons (Fsp3) is 0.167. The third-order valence-electron chi connectivity index (χ3n) is 1.40. The Hall–Kier alpha value is -1.07. The van der Waals surface area contributed by atoms with Gasteiger partial charge in [-0.2, -0.15) is 0 Å². The molecule has 0 aliphatic carbocycles. The molecular formula is C6H5Cl2N3O2. The van der Waals surface area contributed by atoms with Gasteiger partial charge in [0.05, 0.1) is 4.92 Å². The standard InChI is InChI=1S/C6H5Cl2N3O2/c1-9-5-3(11(12)13)2-10-6(8)4(5)7/h2H,1H3,(H,9,10). The number of hydrogen-bond donors (Lipinski definition) is 1. The van der Waals surface area contributed by atoms with Gasteiger partial charge >= 0.3 is 5.69 Å². The number of hydrogen-bond acceptors (Lipinski definition) is 4. The van der Waals surface area contributed by atoms with E-state index in [0.29, 0.717) is 0 Å². The zero-order valence-corrected chi connectivity index (χ0v) is 8.06. The minimum absolute atomic E-state index is 0.0385. The summed E-state index contributed by atoms with van der Waals surface area (Å²) in [7, 11) is 1.52. The molecule has 0 spiro atoms. The Labute approximate surface area is 83.8 Å². The van der Waals surface area contributed by atoms with E-state index in [9.17, 15) is 10.1 Å². The lowest BCUT2D eigenvalue weighted by Crippen LogP contribution is -1.98. The van der Waals surface area contributed by atoms with Crippen molar-refractivity contribution in [3.05, 3.63) is 26.5 Å². The Kier molecular flexibility index (Phi) is 2.90. The molecule has 0 atom stereocenters. The Bertz CT molecular complexity index is 356. The number of pyridine rings is 1. The first kappa shape index (κ1) is 10.0. The van der Waals surface area contributed by atoms with E-state index >= 15 is 0 Å². The second-order valence-corrected chi connectivity index (χ2v) is 2.87. The van der Waals surface area contributed by atoms with Crippen molar-refractivity contribution in [3.63, 3.8) is 0 Å². The van der Waals surface area contributed by atoms with Gasteiger partial charge in [-0.05, 0) is 0 Å². The largest absolute Gasteiger partial charge is 0.381 e. The molecule has 0 aromatic carbocycles. The molecule has 0 aliphatic heterocycles. The zero-order chi connectivity index (χ0) is 10.0. The van der Waals surface area contributed by atoms with E-state index in [2.05, 4.69) is 10.3 Å². The first-order chi connectivity index (χ1) is 6.07. The van der Waals surface area contributed by atoms with Crippen LogP contribution in [0.25, 0.3) is 0 Å². The number of rotatable bonds is 2. The normalized spacial score (nSPS) is 9.77. The average molecular weight is 222 g/mol. The number of anilines is 1. The molecule has 0 aliphatic rings. The molecule has 0 radical (unpaired) electrons. The highest BCUT2D eigenvalue weighted by Gasteiger charge is 2.18. The molecule has 70 valence electrons. The second-order valence-electron chi connectivity index (χ2n) is 2.13. The average Bonchev–Trinajstić information content (AvgIpc) is 2.09. The molecular weight excluding hydrogens is 217 g/mol. The maximum atomic E-state index is 10.5. The van der Waals surface area contributed by atoms with Gasteiger partial charge in [-0.3, -0.25) is 10.1 Å². The third kappa shape index (κ3) is 1.81. The summed E-state index contributed by atoms with van der Waals surface area (Å²) in [5.74, 6) is 0. The predicted octanol–water partition coefficient (Wildman–Crippen LogP) is 2.34. The van der Waals surface area contributed by atoms with Gasteiger partial charge in [-0.25, -0.2) is 4.98 Å². The van der Waals surface area contributed by atoms with Crippen LogP contribution in [0.4, 0.5) is 11.4 Å². The first-order valence-electron chi connectivity index (χ1n) is 3.24. The van der Waals surface area contributed by atoms with Crippen molar-refractivity contribution in [2.24, 2.45) is 0 Å². The Morgan fingerprint density at radius 3 is 2.69 bits per heavy atom. The predicted molar refractivity (Wildman–Crippen MR) is 50.5 cm³/mol. The molecule has 1 rings (SSSR count). The molecule has 0 amide bonds. The topological polar surface area (TPSA) is 68.1 Å². The summed E-state index contributed by atoms with van der Waals surface area (Å²) >= 11 is 11.2. The Morgan fingerprint density at radius 1 is 1.62 bits per heavy atom. The summed E-state index contributed by atoms with van der Waals surface area (Å²) in [6.45, 7) is 0. The van der Waals surface area contributed by atoms with Crippen LogP contribution in [0.2, 0.25) is 10.2 Å². The van der Waals surface area contributed by atoms with Crippen molar-refractivity contribution in [2.45, 2.75) is 0 Å². The van der Waals surface area contributed by atoms with Crippen LogP contribution in [0.5, 0.6) is 0 Å². The van der Waals surface area contributed by atoms with E-state index in [-0.39, 0.29) is 21.6 Å². The molecule has 0 fully saturated rings. The maximum absolute atomic E-state index is 10.5. The highest BCUT2D eigenvalue weighted by atomic mass is 35.5. The van der Waals surface area contributed by atoms with Crippen LogP contribution in [-0.2, 0) is 0 Å². The monoisotopic (exact) mass is 221 g/mol. The molecule has 13 heavy (non-hydrogen) atoms. The van der Waals surface area contributed by atoms with Gasteiger partial charge < -0.3 is 5.32 Å². The van der Waals surface area contributed by atoms with Crippen molar-refractivity contribution in [1.82, 2.24) is 4.98 Å². The summed E-state index contributed by atoms with van der Waals surface area (Å²) in [6, 6.07) is 0. The minimum atomic E-state index is -0.582. The summed E-state index contributed by atoms with van der Waals surface area (Å²) in [5, 5.41) is 13.1. The lowest BCUT2D eigenvalue weighted by Gasteiger charge is -2.04. The molecule has 0 unspecified atom stereocenters. The van der Waals surface area contributed by atoms with Crippen molar-refractivity contribution in [2.75, 3.05) is 12.4 Å². The first-order valence-corrected chi connectivity index (χ1v) is 3.99.